The van der Waals surface area contributed by atoms with E-state index < -0.39 is 0 Å². The van der Waals surface area contributed by atoms with Crippen molar-refractivity contribution in [3.63, 3.8) is 0 Å². The van der Waals surface area contributed by atoms with Crippen molar-refractivity contribution in [3.05, 3.63) is 51.2 Å². The van der Waals surface area contributed by atoms with Crippen LogP contribution in [-0.4, -0.2) is 41.0 Å². The van der Waals surface area contributed by atoms with Crippen LogP contribution in [0, 0.1) is 0 Å². The highest BCUT2D eigenvalue weighted by Crippen LogP contribution is 2.35. The Balaban J connectivity index is 1.44. The number of thiazole rings is 2. The summed E-state index contributed by atoms with van der Waals surface area (Å²) in [5.74, 6) is 1.29. The van der Waals surface area contributed by atoms with E-state index in [1.807, 2.05) is 34.5 Å². The van der Waals surface area contributed by atoms with E-state index in [2.05, 4.69) is 10.4 Å². The topological polar surface area (TPSA) is 55.3 Å². The Kier molecular flexibility index (Phi) is 4.99. The van der Waals surface area contributed by atoms with Gasteiger partial charge in [-0.1, -0.05) is 12.1 Å². The van der Waals surface area contributed by atoms with Crippen molar-refractivity contribution < 1.29 is 9.53 Å². The molecule has 1 aliphatic rings. The van der Waals surface area contributed by atoms with Gasteiger partial charge in [0.15, 0.2) is 0 Å². The van der Waals surface area contributed by atoms with Gasteiger partial charge in [-0.3, -0.25) is 4.79 Å². The zero-order chi connectivity index (χ0) is 17.9. The SMILES string of the molecule is COc1ccccc1-c1csc(C2CCN(C(=O)c3cscn3)CC2)n1. The molecule has 2 aromatic heterocycles. The standard InChI is InChI=1S/C19H19N3O2S2/c1-24-17-5-3-2-4-14(17)15-11-26-18(21-15)13-6-8-22(9-7-13)19(23)16-10-25-12-20-16/h2-5,10-13H,6-9H2,1H3. The Labute approximate surface area is 160 Å². The Morgan fingerprint density at radius 3 is 2.77 bits per heavy atom. The van der Waals surface area contributed by atoms with Gasteiger partial charge >= 0.3 is 0 Å². The van der Waals surface area contributed by atoms with Gasteiger partial charge in [0.1, 0.15) is 11.4 Å². The van der Waals surface area contributed by atoms with Crippen LogP contribution in [0.5, 0.6) is 5.75 Å². The minimum atomic E-state index is 0.0403. The summed E-state index contributed by atoms with van der Waals surface area (Å²) in [5.41, 5.74) is 4.24. The molecule has 0 N–H and O–H groups in total. The van der Waals surface area contributed by atoms with Crippen LogP contribution in [0.1, 0.15) is 34.3 Å². The molecule has 1 amide bonds. The first-order chi connectivity index (χ1) is 12.8. The Hall–Kier alpha value is -2.25. The van der Waals surface area contributed by atoms with Gasteiger partial charge in [0.05, 0.1) is 23.3 Å². The molecule has 1 fully saturated rings. The fourth-order valence-corrected chi connectivity index (χ4v) is 4.78. The molecule has 3 heterocycles. The second-order valence-electron chi connectivity index (χ2n) is 6.21. The molecule has 0 saturated carbocycles. The number of piperidine rings is 1. The van der Waals surface area contributed by atoms with Crippen molar-refractivity contribution in [1.82, 2.24) is 14.9 Å². The maximum atomic E-state index is 12.4. The molecule has 0 unspecified atom stereocenters. The minimum absolute atomic E-state index is 0.0403. The largest absolute Gasteiger partial charge is 0.496 e. The quantitative estimate of drug-likeness (QED) is 0.672. The maximum Gasteiger partial charge on any atom is 0.273 e. The van der Waals surface area contributed by atoms with E-state index in [1.165, 1.54) is 11.3 Å². The fourth-order valence-electron chi connectivity index (χ4n) is 3.26. The van der Waals surface area contributed by atoms with Gasteiger partial charge in [-0.05, 0) is 25.0 Å². The summed E-state index contributed by atoms with van der Waals surface area (Å²) in [4.78, 5) is 23.3. The molecule has 1 aliphatic heterocycles. The highest BCUT2D eigenvalue weighted by atomic mass is 32.1. The zero-order valence-corrected chi connectivity index (χ0v) is 16.1. The van der Waals surface area contributed by atoms with E-state index in [-0.39, 0.29) is 5.91 Å². The molecule has 4 rings (SSSR count). The number of carbonyl (C=O) groups is 1. The molecule has 26 heavy (non-hydrogen) atoms. The third kappa shape index (κ3) is 3.37. The van der Waals surface area contributed by atoms with Crippen LogP contribution in [0.3, 0.4) is 0 Å². The number of carbonyl (C=O) groups excluding carboxylic acids is 1. The second-order valence-corrected chi connectivity index (χ2v) is 7.82. The molecule has 0 spiro atoms. The molecule has 3 aromatic rings. The molecular weight excluding hydrogens is 366 g/mol. The number of aromatic nitrogens is 2. The number of benzene rings is 1. The first-order valence-corrected chi connectivity index (χ1v) is 10.3. The third-order valence-corrected chi connectivity index (χ3v) is 6.28. The third-order valence-electron chi connectivity index (χ3n) is 4.69. The Morgan fingerprint density at radius 2 is 2.04 bits per heavy atom. The maximum absolute atomic E-state index is 12.4. The minimum Gasteiger partial charge on any atom is -0.496 e. The average molecular weight is 386 g/mol. The van der Waals surface area contributed by atoms with Crippen molar-refractivity contribution in [2.75, 3.05) is 20.2 Å². The molecule has 1 aromatic carbocycles. The summed E-state index contributed by atoms with van der Waals surface area (Å²) in [6.45, 7) is 1.51. The van der Waals surface area contributed by atoms with Gasteiger partial charge in [-0.25, -0.2) is 9.97 Å². The first kappa shape index (κ1) is 17.2. The van der Waals surface area contributed by atoms with Gasteiger partial charge in [0.2, 0.25) is 0 Å². The normalized spacial score (nSPS) is 15.2. The number of nitrogens with zero attached hydrogens (tertiary/aromatic N) is 3. The summed E-state index contributed by atoms with van der Waals surface area (Å²) in [6, 6.07) is 7.95. The Morgan fingerprint density at radius 1 is 1.23 bits per heavy atom. The lowest BCUT2D eigenvalue weighted by Crippen LogP contribution is -2.38. The van der Waals surface area contributed by atoms with Crippen molar-refractivity contribution in [2.24, 2.45) is 0 Å². The molecule has 7 heteroatoms. The lowest BCUT2D eigenvalue weighted by atomic mass is 9.97. The smallest absolute Gasteiger partial charge is 0.273 e. The monoisotopic (exact) mass is 385 g/mol. The van der Waals surface area contributed by atoms with E-state index in [4.69, 9.17) is 9.72 Å². The van der Waals surface area contributed by atoms with Gasteiger partial charge < -0.3 is 9.64 Å². The highest BCUT2D eigenvalue weighted by Gasteiger charge is 2.27. The molecular formula is C19H19N3O2S2. The van der Waals surface area contributed by atoms with Crippen molar-refractivity contribution >= 4 is 28.6 Å². The number of para-hydroxylation sites is 1. The number of amides is 1. The lowest BCUT2D eigenvalue weighted by Gasteiger charge is -2.30. The zero-order valence-electron chi connectivity index (χ0n) is 14.4. The van der Waals surface area contributed by atoms with Crippen molar-refractivity contribution in [2.45, 2.75) is 18.8 Å². The van der Waals surface area contributed by atoms with Crippen LogP contribution in [0.15, 0.2) is 40.5 Å². The molecule has 0 bridgehead atoms. The predicted molar refractivity (Wildman–Crippen MR) is 104 cm³/mol. The first-order valence-electron chi connectivity index (χ1n) is 8.52. The van der Waals surface area contributed by atoms with E-state index in [0.717, 1.165) is 47.9 Å². The molecule has 0 aliphatic carbocycles. The number of hydrogen-bond donors (Lipinski definition) is 0. The lowest BCUT2D eigenvalue weighted by molar-refractivity contribution is 0.0708. The van der Waals surface area contributed by atoms with Crippen LogP contribution in [0.25, 0.3) is 11.3 Å². The van der Waals surface area contributed by atoms with Gasteiger partial charge in [-0.15, -0.1) is 22.7 Å². The predicted octanol–water partition coefficient (Wildman–Crippen LogP) is 4.30. The van der Waals surface area contributed by atoms with E-state index in [0.29, 0.717) is 11.6 Å². The van der Waals surface area contributed by atoms with Crippen LogP contribution >= 0.6 is 22.7 Å². The Bertz CT molecular complexity index is 884. The highest BCUT2D eigenvalue weighted by molar-refractivity contribution is 7.10. The van der Waals surface area contributed by atoms with E-state index in [9.17, 15) is 4.79 Å². The second kappa shape index (κ2) is 7.55. The summed E-state index contributed by atoms with van der Waals surface area (Å²) in [6.07, 6.45) is 1.88. The summed E-state index contributed by atoms with van der Waals surface area (Å²) in [7, 11) is 1.68. The van der Waals surface area contributed by atoms with Crippen LogP contribution < -0.4 is 4.74 Å². The number of methoxy groups -OCH3 is 1. The fraction of sp³-hybridized carbons (Fsp3) is 0.316. The summed E-state index contributed by atoms with van der Waals surface area (Å²) in [5, 5.41) is 5.06. The van der Waals surface area contributed by atoms with Gasteiger partial charge in [0.25, 0.3) is 5.91 Å². The number of rotatable bonds is 4. The number of ether oxygens (including phenoxy) is 1. The molecule has 1 saturated heterocycles. The van der Waals surface area contributed by atoms with Gasteiger partial charge in [0, 0.05) is 35.3 Å². The van der Waals surface area contributed by atoms with E-state index >= 15 is 0 Å². The van der Waals surface area contributed by atoms with Crippen molar-refractivity contribution in [3.8, 4) is 17.0 Å². The number of likely N-dealkylation sites (tertiary alicyclic amines) is 1. The average Bonchev–Trinajstić information content (AvgIpc) is 3.39. The van der Waals surface area contributed by atoms with E-state index in [1.54, 1.807) is 24.0 Å². The van der Waals surface area contributed by atoms with Crippen LogP contribution in [-0.2, 0) is 0 Å². The van der Waals surface area contributed by atoms with Crippen LogP contribution in [0.4, 0.5) is 0 Å². The van der Waals surface area contributed by atoms with Crippen molar-refractivity contribution in [1.29, 1.82) is 0 Å². The van der Waals surface area contributed by atoms with Crippen LogP contribution in [0.2, 0.25) is 0 Å². The number of hydrogen-bond acceptors (Lipinski definition) is 6. The molecule has 0 atom stereocenters. The molecule has 134 valence electrons. The summed E-state index contributed by atoms with van der Waals surface area (Å²) < 4.78 is 5.45. The molecule has 5 nitrogen and oxygen atoms in total. The van der Waals surface area contributed by atoms with Gasteiger partial charge in [-0.2, -0.15) is 0 Å². The summed E-state index contributed by atoms with van der Waals surface area (Å²) >= 11 is 3.15. The molecule has 0 radical (unpaired) electrons.